The SMILES string of the molecule is COc1ccc2c(=O)[nH]ncc2c1OCC1CCCCO1. The molecule has 1 fully saturated rings. The molecule has 1 unspecified atom stereocenters. The Hall–Kier alpha value is -2.08. The van der Waals surface area contributed by atoms with Crippen LogP contribution in [0.5, 0.6) is 11.5 Å². The van der Waals surface area contributed by atoms with Crippen LogP contribution >= 0.6 is 0 Å². The molecule has 1 atom stereocenters. The van der Waals surface area contributed by atoms with Gasteiger partial charge in [-0.3, -0.25) is 4.79 Å². The van der Waals surface area contributed by atoms with Gasteiger partial charge in [-0.1, -0.05) is 0 Å². The number of fused-ring (bicyclic) bond motifs is 1. The van der Waals surface area contributed by atoms with Crippen molar-refractivity contribution in [3.05, 3.63) is 28.7 Å². The first-order chi connectivity index (χ1) is 10.3. The highest BCUT2D eigenvalue weighted by Crippen LogP contribution is 2.34. The lowest BCUT2D eigenvalue weighted by atomic mass is 10.1. The van der Waals surface area contributed by atoms with Crippen LogP contribution in [-0.2, 0) is 4.74 Å². The average Bonchev–Trinajstić information content (AvgIpc) is 2.54. The Balaban J connectivity index is 1.91. The molecule has 6 nitrogen and oxygen atoms in total. The van der Waals surface area contributed by atoms with E-state index in [1.165, 1.54) is 0 Å². The van der Waals surface area contributed by atoms with Gasteiger partial charge in [0.25, 0.3) is 5.56 Å². The number of ether oxygens (including phenoxy) is 3. The number of nitrogens with zero attached hydrogens (tertiary/aromatic N) is 1. The minimum atomic E-state index is -0.242. The maximum absolute atomic E-state index is 11.8. The lowest BCUT2D eigenvalue weighted by Crippen LogP contribution is -2.26. The fraction of sp³-hybridized carbons (Fsp3) is 0.467. The summed E-state index contributed by atoms with van der Waals surface area (Å²) in [6, 6.07) is 3.44. The second-order valence-electron chi connectivity index (χ2n) is 5.06. The second kappa shape index (κ2) is 6.13. The van der Waals surface area contributed by atoms with Crippen molar-refractivity contribution in [1.82, 2.24) is 10.2 Å². The zero-order chi connectivity index (χ0) is 14.7. The normalized spacial score (nSPS) is 18.6. The van der Waals surface area contributed by atoms with E-state index in [0.717, 1.165) is 25.9 Å². The fourth-order valence-electron chi connectivity index (χ4n) is 2.55. The summed E-state index contributed by atoms with van der Waals surface area (Å²) in [5.41, 5.74) is -0.242. The van der Waals surface area contributed by atoms with E-state index < -0.39 is 0 Å². The number of aromatic nitrogens is 2. The van der Waals surface area contributed by atoms with Crippen LogP contribution < -0.4 is 15.0 Å². The van der Waals surface area contributed by atoms with Gasteiger partial charge in [-0.25, -0.2) is 5.10 Å². The molecule has 1 saturated heterocycles. The summed E-state index contributed by atoms with van der Waals surface area (Å²) in [4.78, 5) is 11.8. The first kappa shape index (κ1) is 13.9. The van der Waals surface area contributed by atoms with Gasteiger partial charge in [-0.15, -0.1) is 0 Å². The molecule has 1 aliphatic rings. The molecule has 0 bridgehead atoms. The van der Waals surface area contributed by atoms with Crippen molar-refractivity contribution < 1.29 is 14.2 Å². The summed E-state index contributed by atoms with van der Waals surface area (Å²) in [5.74, 6) is 1.13. The van der Waals surface area contributed by atoms with E-state index in [1.54, 1.807) is 25.4 Å². The zero-order valence-corrected chi connectivity index (χ0v) is 11.9. The van der Waals surface area contributed by atoms with Crippen molar-refractivity contribution in [2.24, 2.45) is 0 Å². The van der Waals surface area contributed by atoms with Gasteiger partial charge in [0, 0.05) is 6.61 Å². The maximum atomic E-state index is 11.8. The van der Waals surface area contributed by atoms with Crippen molar-refractivity contribution in [3.8, 4) is 11.5 Å². The molecule has 0 spiro atoms. The monoisotopic (exact) mass is 290 g/mol. The number of methoxy groups -OCH3 is 1. The average molecular weight is 290 g/mol. The molecule has 2 heterocycles. The second-order valence-corrected chi connectivity index (χ2v) is 5.06. The molecule has 1 aliphatic heterocycles. The van der Waals surface area contributed by atoms with Crippen molar-refractivity contribution in [1.29, 1.82) is 0 Å². The van der Waals surface area contributed by atoms with Crippen molar-refractivity contribution in [2.75, 3.05) is 20.3 Å². The molecule has 0 saturated carbocycles. The summed E-state index contributed by atoms with van der Waals surface area (Å²) in [5, 5.41) is 7.44. The molecular formula is C15H18N2O4. The number of hydrogen-bond acceptors (Lipinski definition) is 5. The van der Waals surface area contributed by atoms with Crippen LogP contribution in [0, 0.1) is 0 Å². The summed E-state index contributed by atoms with van der Waals surface area (Å²) >= 11 is 0. The van der Waals surface area contributed by atoms with Crippen molar-refractivity contribution in [2.45, 2.75) is 25.4 Å². The Morgan fingerprint density at radius 2 is 2.29 bits per heavy atom. The number of hydrogen-bond donors (Lipinski definition) is 1. The Bertz CT molecular complexity index is 677. The van der Waals surface area contributed by atoms with Crippen molar-refractivity contribution >= 4 is 10.8 Å². The number of rotatable bonds is 4. The van der Waals surface area contributed by atoms with E-state index in [2.05, 4.69) is 10.2 Å². The molecule has 2 aromatic rings. The van der Waals surface area contributed by atoms with E-state index in [1.807, 2.05) is 0 Å². The first-order valence-corrected chi connectivity index (χ1v) is 7.08. The Morgan fingerprint density at radius 1 is 1.38 bits per heavy atom. The highest BCUT2D eigenvalue weighted by molar-refractivity contribution is 5.89. The molecule has 0 aliphatic carbocycles. The molecule has 0 amide bonds. The van der Waals surface area contributed by atoms with Crippen LogP contribution in [0.25, 0.3) is 10.8 Å². The Labute approximate surface area is 122 Å². The fourth-order valence-corrected chi connectivity index (χ4v) is 2.55. The quantitative estimate of drug-likeness (QED) is 0.930. The molecular weight excluding hydrogens is 272 g/mol. The van der Waals surface area contributed by atoms with E-state index in [9.17, 15) is 4.79 Å². The predicted molar refractivity (Wildman–Crippen MR) is 78.0 cm³/mol. The molecule has 1 aromatic heterocycles. The van der Waals surface area contributed by atoms with Gasteiger partial charge in [0.05, 0.1) is 30.2 Å². The van der Waals surface area contributed by atoms with E-state index >= 15 is 0 Å². The first-order valence-electron chi connectivity index (χ1n) is 7.08. The van der Waals surface area contributed by atoms with Crippen LogP contribution in [0.4, 0.5) is 0 Å². The minimum Gasteiger partial charge on any atom is -0.493 e. The zero-order valence-electron chi connectivity index (χ0n) is 11.9. The van der Waals surface area contributed by atoms with Gasteiger partial charge >= 0.3 is 0 Å². The highest BCUT2D eigenvalue weighted by Gasteiger charge is 2.17. The minimum absolute atomic E-state index is 0.0914. The lowest BCUT2D eigenvalue weighted by Gasteiger charge is -2.23. The van der Waals surface area contributed by atoms with Crippen molar-refractivity contribution in [3.63, 3.8) is 0 Å². The molecule has 3 rings (SSSR count). The summed E-state index contributed by atoms with van der Waals surface area (Å²) in [6.07, 6.45) is 4.92. The molecule has 6 heteroatoms. The number of nitrogens with one attached hydrogen (secondary N) is 1. The number of benzene rings is 1. The summed E-state index contributed by atoms with van der Waals surface area (Å²) in [7, 11) is 1.58. The molecule has 112 valence electrons. The summed E-state index contributed by atoms with van der Waals surface area (Å²) < 4.78 is 16.9. The Morgan fingerprint density at radius 3 is 3.05 bits per heavy atom. The third-order valence-corrected chi connectivity index (χ3v) is 3.67. The summed E-state index contributed by atoms with van der Waals surface area (Å²) in [6.45, 7) is 1.23. The molecule has 0 radical (unpaired) electrons. The predicted octanol–water partition coefficient (Wildman–Crippen LogP) is 1.88. The largest absolute Gasteiger partial charge is 0.493 e. The van der Waals surface area contributed by atoms with Crippen LogP contribution in [0.2, 0.25) is 0 Å². The van der Waals surface area contributed by atoms with Crippen LogP contribution in [0.3, 0.4) is 0 Å². The number of H-pyrrole nitrogens is 1. The van der Waals surface area contributed by atoms with Gasteiger partial charge < -0.3 is 14.2 Å². The van der Waals surface area contributed by atoms with Crippen LogP contribution in [-0.4, -0.2) is 36.6 Å². The van der Waals surface area contributed by atoms with Crippen LogP contribution in [0.15, 0.2) is 23.1 Å². The van der Waals surface area contributed by atoms with Gasteiger partial charge in [0.2, 0.25) is 0 Å². The molecule has 1 N–H and O–H groups in total. The standard InChI is InChI=1S/C15H18N2O4/c1-19-13-6-5-11-12(8-16-17-15(11)18)14(13)21-9-10-4-2-3-7-20-10/h5-6,8,10H,2-4,7,9H2,1H3,(H,17,18). The maximum Gasteiger partial charge on any atom is 0.272 e. The van der Waals surface area contributed by atoms with E-state index in [-0.39, 0.29) is 11.7 Å². The number of aromatic amines is 1. The van der Waals surface area contributed by atoms with E-state index in [4.69, 9.17) is 14.2 Å². The van der Waals surface area contributed by atoms with Gasteiger partial charge in [-0.05, 0) is 31.4 Å². The third kappa shape index (κ3) is 2.85. The lowest BCUT2D eigenvalue weighted by molar-refractivity contribution is -0.0111. The molecule has 21 heavy (non-hydrogen) atoms. The highest BCUT2D eigenvalue weighted by atomic mass is 16.5. The van der Waals surface area contributed by atoms with Crippen LogP contribution in [0.1, 0.15) is 19.3 Å². The van der Waals surface area contributed by atoms with Gasteiger partial charge in [0.1, 0.15) is 6.61 Å². The smallest absolute Gasteiger partial charge is 0.272 e. The van der Waals surface area contributed by atoms with Gasteiger partial charge in [0.15, 0.2) is 11.5 Å². The topological polar surface area (TPSA) is 73.4 Å². The van der Waals surface area contributed by atoms with Gasteiger partial charge in [-0.2, -0.15) is 5.10 Å². The van der Waals surface area contributed by atoms with E-state index in [0.29, 0.717) is 28.9 Å². The third-order valence-electron chi connectivity index (χ3n) is 3.67. The molecule has 1 aromatic carbocycles. The Kier molecular flexibility index (Phi) is 4.06.